The quantitative estimate of drug-likeness (QED) is 0.619. The maximum atomic E-state index is 12.1. The molecule has 1 aromatic rings. The number of hydrogen-bond acceptors (Lipinski definition) is 4. The third-order valence-corrected chi connectivity index (χ3v) is 3.18. The van der Waals surface area contributed by atoms with E-state index in [1.54, 1.807) is 11.1 Å². The number of nitrogens with zero attached hydrogens (tertiary/aromatic N) is 2. The van der Waals surface area contributed by atoms with Crippen LogP contribution in [0.2, 0.25) is 0 Å². The fraction of sp³-hybridized carbons (Fsp3) is 0.467. The molecule has 0 N–H and O–H groups in total. The number of hydrogen-bond donors (Lipinski definition) is 0. The van der Waals surface area contributed by atoms with Crippen LogP contribution < -0.4 is 0 Å². The van der Waals surface area contributed by atoms with Gasteiger partial charge in [0.2, 0.25) is 0 Å². The molecule has 1 aromatic carbocycles. The Hall–Kier alpha value is -1.75. The van der Waals surface area contributed by atoms with E-state index >= 15 is 0 Å². The summed E-state index contributed by atoms with van der Waals surface area (Å²) in [6.07, 6.45) is 3.25. The molecule has 6 heteroatoms. The minimum atomic E-state index is -0.292. The average Bonchev–Trinajstić information content (AvgIpc) is 2.95. The van der Waals surface area contributed by atoms with Gasteiger partial charge < -0.3 is 14.5 Å². The molecule has 1 amide bonds. The second-order valence-electron chi connectivity index (χ2n) is 4.62. The van der Waals surface area contributed by atoms with Crippen molar-refractivity contribution in [3.05, 3.63) is 35.9 Å². The first-order valence-electron chi connectivity index (χ1n) is 6.94. The molecule has 0 aliphatic carbocycles. The lowest BCUT2D eigenvalue weighted by molar-refractivity contribution is 0.0987. The first kappa shape index (κ1) is 17.3. The predicted octanol–water partition coefficient (Wildman–Crippen LogP) is 3.23. The minimum Gasteiger partial charge on any atom is -0.445 e. The van der Waals surface area contributed by atoms with Gasteiger partial charge in [-0.05, 0) is 25.3 Å². The molecule has 21 heavy (non-hydrogen) atoms. The number of oxime groups is 1. The molecule has 0 aromatic heterocycles. The summed E-state index contributed by atoms with van der Waals surface area (Å²) < 4.78 is 5.33. The summed E-state index contributed by atoms with van der Waals surface area (Å²) in [5, 5.41) is 3.85. The molecule has 1 fully saturated rings. The van der Waals surface area contributed by atoms with E-state index in [4.69, 9.17) is 9.57 Å². The number of rotatable bonds is 5. The summed E-state index contributed by atoms with van der Waals surface area (Å²) >= 11 is 0. The summed E-state index contributed by atoms with van der Waals surface area (Å²) in [5.74, 6) is 0. The van der Waals surface area contributed by atoms with Crippen molar-refractivity contribution in [3.8, 4) is 0 Å². The summed E-state index contributed by atoms with van der Waals surface area (Å²) in [7, 11) is 0. The molecule has 0 saturated carbocycles. The lowest BCUT2D eigenvalue weighted by Crippen LogP contribution is -2.36. The Balaban J connectivity index is 0.00000220. The maximum absolute atomic E-state index is 12.1. The van der Waals surface area contributed by atoms with Crippen molar-refractivity contribution in [1.29, 1.82) is 0 Å². The molecule has 1 unspecified atom stereocenters. The molecule has 0 spiro atoms. The van der Waals surface area contributed by atoms with Gasteiger partial charge in [0, 0.05) is 6.54 Å². The molecule has 0 bridgehead atoms. The minimum absolute atomic E-state index is 0. The SMILES string of the molecule is CCON=CC1CCCN1C(=O)OCc1ccccc1.Cl. The summed E-state index contributed by atoms with van der Waals surface area (Å²) in [4.78, 5) is 18.7. The maximum Gasteiger partial charge on any atom is 0.410 e. The Morgan fingerprint density at radius 1 is 1.43 bits per heavy atom. The molecule has 2 rings (SSSR count). The van der Waals surface area contributed by atoms with Gasteiger partial charge in [-0.3, -0.25) is 0 Å². The molecule has 1 aliphatic rings. The van der Waals surface area contributed by atoms with E-state index in [0.717, 1.165) is 18.4 Å². The molecule has 116 valence electrons. The van der Waals surface area contributed by atoms with Crippen LogP contribution in [-0.2, 0) is 16.2 Å². The number of carbonyl (C=O) groups is 1. The fourth-order valence-corrected chi connectivity index (χ4v) is 2.16. The third kappa shape index (κ3) is 5.27. The normalized spacial score (nSPS) is 17.6. The zero-order chi connectivity index (χ0) is 14.2. The fourth-order valence-electron chi connectivity index (χ4n) is 2.16. The van der Waals surface area contributed by atoms with Crippen molar-refractivity contribution in [3.63, 3.8) is 0 Å². The highest BCUT2D eigenvalue weighted by Crippen LogP contribution is 2.17. The van der Waals surface area contributed by atoms with Gasteiger partial charge in [-0.1, -0.05) is 35.5 Å². The number of benzene rings is 1. The van der Waals surface area contributed by atoms with Crippen molar-refractivity contribution in [2.75, 3.05) is 13.2 Å². The lowest BCUT2D eigenvalue weighted by atomic mass is 10.2. The van der Waals surface area contributed by atoms with Crippen LogP contribution in [0.15, 0.2) is 35.5 Å². The van der Waals surface area contributed by atoms with Gasteiger partial charge in [-0.2, -0.15) is 0 Å². The average molecular weight is 313 g/mol. The Morgan fingerprint density at radius 3 is 2.90 bits per heavy atom. The van der Waals surface area contributed by atoms with Crippen LogP contribution in [0.25, 0.3) is 0 Å². The first-order chi connectivity index (χ1) is 9.81. The Morgan fingerprint density at radius 2 is 2.19 bits per heavy atom. The highest BCUT2D eigenvalue weighted by Gasteiger charge is 2.28. The molecule has 1 saturated heterocycles. The van der Waals surface area contributed by atoms with Crippen LogP contribution in [0.3, 0.4) is 0 Å². The zero-order valence-electron chi connectivity index (χ0n) is 12.1. The second kappa shape index (κ2) is 9.23. The van der Waals surface area contributed by atoms with Gasteiger partial charge in [0.25, 0.3) is 0 Å². The van der Waals surface area contributed by atoms with Gasteiger partial charge in [-0.25, -0.2) is 4.79 Å². The van der Waals surface area contributed by atoms with E-state index < -0.39 is 0 Å². The van der Waals surface area contributed by atoms with Gasteiger partial charge in [0.05, 0.1) is 12.3 Å². The van der Waals surface area contributed by atoms with Crippen LogP contribution >= 0.6 is 12.4 Å². The largest absolute Gasteiger partial charge is 0.445 e. The van der Waals surface area contributed by atoms with Crippen molar-refractivity contribution >= 4 is 24.7 Å². The van der Waals surface area contributed by atoms with Crippen LogP contribution in [0.1, 0.15) is 25.3 Å². The molecule has 1 atom stereocenters. The Bertz CT molecular complexity index is 453. The molecule has 5 nitrogen and oxygen atoms in total. The number of ether oxygens (including phenoxy) is 1. The smallest absolute Gasteiger partial charge is 0.410 e. The van der Waals surface area contributed by atoms with Crippen LogP contribution in [-0.4, -0.2) is 36.4 Å². The number of halogens is 1. The molecule has 0 radical (unpaired) electrons. The Labute approximate surface area is 131 Å². The number of carbonyl (C=O) groups excluding carboxylic acids is 1. The molecule has 1 aliphatic heterocycles. The molecular weight excluding hydrogens is 292 g/mol. The molecular formula is C15H21ClN2O3. The zero-order valence-corrected chi connectivity index (χ0v) is 12.9. The number of amides is 1. The topological polar surface area (TPSA) is 51.1 Å². The van der Waals surface area contributed by atoms with Crippen molar-refractivity contribution in [1.82, 2.24) is 4.90 Å². The number of likely N-dealkylation sites (tertiary alicyclic amines) is 1. The van der Waals surface area contributed by atoms with Crippen LogP contribution in [0.4, 0.5) is 4.79 Å². The van der Waals surface area contributed by atoms with Crippen molar-refractivity contribution in [2.24, 2.45) is 5.16 Å². The highest BCUT2D eigenvalue weighted by molar-refractivity contribution is 5.85. The molecule has 1 heterocycles. The van der Waals surface area contributed by atoms with E-state index in [1.807, 2.05) is 37.3 Å². The highest BCUT2D eigenvalue weighted by atomic mass is 35.5. The third-order valence-electron chi connectivity index (χ3n) is 3.18. The first-order valence-corrected chi connectivity index (χ1v) is 6.94. The van der Waals surface area contributed by atoms with Gasteiger partial charge in [0.1, 0.15) is 13.2 Å². The van der Waals surface area contributed by atoms with Gasteiger partial charge in [-0.15, -0.1) is 12.4 Å². The van der Waals surface area contributed by atoms with E-state index in [2.05, 4.69) is 5.16 Å². The standard InChI is InChI=1S/C15H20N2O3.ClH/c1-2-20-16-11-14-9-6-10-17(14)15(18)19-12-13-7-4-3-5-8-13;/h3-5,7-8,11,14H,2,6,9-10,12H2,1H3;1H. The Kier molecular flexibility index (Phi) is 7.61. The summed E-state index contributed by atoms with van der Waals surface area (Å²) in [6.45, 7) is 3.40. The van der Waals surface area contributed by atoms with Gasteiger partial charge >= 0.3 is 6.09 Å². The summed E-state index contributed by atoms with van der Waals surface area (Å²) in [6, 6.07) is 9.64. The van der Waals surface area contributed by atoms with E-state index in [1.165, 1.54) is 0 Å². The van der Waals surface area contributed by atoms with Gasteiger partial charge in [0.15, 0.2) is 0 Å². The van der Waals surface area contributed by atoms with E-state index in [0.29, 0.717) is 19.8 Å². The van der Waals surface area contributed by atoms with E-state index in [9.17, 15) is 4.79 Å². The summed E-state index contributed by atoms with van der Waals surface area (Å²) in [5.41, 5.74) is 0.986. The van der Waals surface area contributed by atoms with E-state index in [-0.39, 0.29) is 24.5 Å². The lowest BCUT2D eigenvalue weighted by Gasteiger charge is -2.20. The van der Waals surface area contributed by atoms with Crippen LogP contribution in [0, 0.1) is 0 Å². The second-order valence-corrected chi connectivity index (χ2v) is 4.62. The monoisotopic (exact) mass is 312 g/mol. The van der Waals surface area contributed by atoms with Crippen molar-refractivity contribution in [2.45, 2.75) is 32.4 Å². The van der Waals surface area contributed by atoms with Crippen LogP contribution in [0.5, 0.6) is 0 Å². The van der Waals surface area contributed by atoms with Crippen molar-refractivity contribution < 1.29 is 14.4 Å². The predicted molar refractivity (Wildman–Crippen MR) is 83.7 cm³/mol.